The van der Waals surface area contributed by atoms with E-state index in [-0.39, 0.29) is 11.8 Å². The molecule has 4 nitrogen and oxygen atoms in total. The van der Waals surface area contributed by atoms with Crippen molar-refractivity contribution >= 4 is 15.7 Å². The molecule has 0 N–H and O–H groups in total. The monoisotopic (exact) mass is 299 g/mol. The Hall–Kier alpha value is -0.840. The molecule has 114 valence electrons. The first-order valence-corrected chi connectivity index (χ1v) is 8.95. The van der Waals surface area contributed by atoms with Gasteiger partial charge in [-0.1, -0.05) is 12.2 Å². The summed E-state index contributed by atoms with van der Waals surface area (Å²) in [5.74, 6) is 0.192. The summed E-state index contributed by atoms with van der Waals surface area (Å²) in [6.45, 7) is 6.16. The van der Waals surface area contributed by atoms with Crippen molar-refractivity contribution in [2.75, 3.05) is 13.1 Å². The molecule has 0 aromatic heterocycles. The van der Waals surface area contributed by atoms with Crippen LogP contribution in [0.4, 0.5) is 0 Å². The van der Waals surface area contributed by atoms with Crippen LogP contribution in [-0.2, 0) is 14.6 Å². The molecule has 0 aromatic carbocycles. The third-order valence-corrected chi connectivity index (χ3v) is 7.34. The standard InChI is InChI=1S/C15H25NO3S/c1-15(2,3)20(18,19)13-9-10-16(11-13)14(17)12-7-5-4-6-8-12/h4-5,12-13H,6-11H2,1-3H3/t12-,13+/m1/s1. The second-order valence-corrected chi connectivity index (χ2v) is 9.82. The quantitative estimate of drug-likeness (QED) is 0.734. The van der Waals surface area contributed by atoms with Crippen molar-refractivity contribution in [3.8, 4) is 0 Å². The molecule has 5 heteroatoms. The number of carbonyl (C=O) groups excluding carboxylic acids is 1. The molecule has 1 saturated heterocycles. The Labute approximate surface area is 122 Å². The van der Waals surface area contributed by atoms with Crippen molar-refractivity contribution in [3.63, 3.8) is 0 Å². The Morgan fingerprint density at radius 2 is 1.90 bits per heavy atom. The summed E-state index contributed by atoms with van der Waals surface area (Å²) in [7, 11) is -3.18. The molecule has 1 aliphatic heterocycles. The van der Waals surface area contributed by atoms with Crippen LogP contribution < -0.4 is 0 Å². The number of amides is 1. The van der Waals surface area contributed by atoms with Gasteiger partial charge in [-0.2, -0.15) is 0 Å². The number of rotatable bonds is 2. The van der Waals surface area contributed by atoms with Crippen LogP contribution >= 0.6 is 0 Å². The van der Waals surface area contributed by atoms with Gasteiger partial charge in [-0.25, -0.2) is 8.42 Å². The molecule has 2 aliphatic rings. The fraction of sp³-hybridized carbons (Fsp3) is 0.800. The molecule has 0 spiro atoms. The summed E-state index contributed by atoms with van der Waals surface area (Å²) in [5, 5.41) is -0.398. The van der Waals surface area contributed by atoms with E-state index in [2.05, 4.69) is 12.2 Å². The number of allylic oxidation sites excluding steroid dienone is 2. The fourth-order valence-electron chi connectivity index (χ4n) is 2.96. The molecule has 0 radical (unpaired) electrons. The lowest BCUT2D eigenvalue weighted by Gasteiger charge is -2.26. The third-order valence-electron chi connectivity index (χ3n) is 4.37. The van der Waals surface area contributed by atoms with E-state index in [4.69, 9.17) is 0 Å². The Morgan fingerprint density at radius 1 is 1.20 bits per heavy atom. The summed E-state index contributed by atoms with van der Waals surface area (Å²) in [6, 6.07) is 0. The van der Waals surface area contributed by atoms with E-state index >= 15 is 0 Å². The van der Waals surface area contributed by atoms with Crippen molar-refractivity contribution in [3.05, 3.63) is 12.2 Å². The van der Waals surface area contributed by atoms with E-state index in [0.717, 1.165) is 19.3 Å². The van der Waals surface area contributed by atoms with E-state index in [1.54, 1.807) is 25.7 Å². The van der Waals surface area contributed by atoms with Gasteiger partial charge in [-0.05, 0) is 46.5 Å². The predicted molar refractivity (Wildman–Crippen MR) is 80.1 cm³/mol. The molecule has 1 fully saturated rings. The zero-order valence-electron chi connectivity index (χ0n) is 12.6. The summed E-state index contributed by atoms with van der Waals surface area (Å²) in [4.78, 5) is 14.2. The molecule has 0 unspecified atom stereocenters. The number of hydrogen-bond donors (Lipinski definition) is 0. The minimum Gasteiger partial charge on any atom is -0.341 e. The van der Waals surface area contributed by atoms with Gasteiger partial charge in [0.05, 0.1) is 10.00 Å². The van der Waals surface area contributed by atoms with Crippen LogP contribution in [0.15, 0.2) is 12.2 Å². The lowest BCUT2D eigenvalue weighted by atomic mass is 9.93. The predicted octanol–water partition coefficient (Wildman–Crippen LogP) is 2.16. The van der Waals surface area contributed by atoms with Crippen LogP contribution in [0.25, 0.3) is 0 Å². The minimum absolute atomic E-state index is 0.0519. The van der Waals surface area contributed by atoms with Gasteiger partial charge >= 0.3 is 0 Å². The van der Waals surface area contributed by atoms with Crippen LogP contribution in [0.3, 0.4) is 0 Å². The molecule has 2 atom stereocenters. The zero-order valence-corrected chi connectivity index (χ0v) is 13.4. The van der Waals surface area contributed by atoms with Gasteiger partial charge < -0.3 is 4.90 Å². The van der Waals surface area contributed by atoms with Crippen molar-refractivity contribution in [1.29, 1.82) is 0 Å². The van der Waals surface area contributed by atoms with E-state index in [0.29, 0.717) is 19.5 Å². The summed E-state index contributed by atoms with van der Waals surface area (Å²) >= 11 is 0. The minimum atomic E-state index is -3.18. The highest BCUT2D eigenvalue weighted by molar-refractivity contribution is 7.93. The van der Waals surface area contributed by atoms with Crippen LogP contribution in [0.2, 0.25) is 0 Å². The maximum absolute atomic E-state index is 12.4. The Bertz CT molecular complexity index is 502. The third kappa shape index (κ3) is 2.92. The van der Waals surface area contributed by atoms with Crippen molar-refractivity contribution < 1.29 is 13.2 Å². The molecule has 0 saturated carbocycles. The van der Waals surface area contributed by atoms with Crippen LogP contribution in [-0.4, -0.2) is 42.3 Å². The molecular formula is C15H25NO3S. The smallest absolute Gasteiger partial charge is 0.226 e. The van der Waals surface area contributed by atoms with Gasteiger partial charge in [-0.15, -0.1) is 0 Å². The second kappa shape index (κ2) is 5.51. The fourth-order valence-corrected chi connectivity index (χ4v) is 4.75. The molecule has 0 aromatic rings. The van der Waals surface area contributed by atoms with E-state index in [9.17, 15) is 13.2 Å². The molecular weight excluding hydrogens is 274 g/mol. The maximum Gasteiger partial charge on any atom is 0.226 e. The van der Waals surface area contributed by atoms with E-state index in [1.165, 1.54) is 0 Å². The second-order valence-electron chi connectivity index (χ2n) is 6.83. The molecule has 0 bridgehead atoms. The SMILES string of the molecule is CC(C)(C)S(=O)(=O)[C@H]1CCN(C(=O)[C@@H]2CC=CCC2)C1. The lowest BCUT2D eigenvalue weighted by Crippen LogP contribution is -2.41. The number of carbonyl (C=O) groups is 1. The molecule has 2 rings (SSSR count). The first kappa shape index (κ1) is 15.5. The number of sulfone groups is 1. The number of hydrogen-bond acceptors (Lipinski definition) is 3. The highest BCUT2D eigenvalue weighted by Gasteiger charge is 2.42. The molecule has 1 amide bonds. The average molecular weight is 299 g/mol. The highest BCUT2D eigenvalue weighted by Crippen LogP contribution is 2.29. The van der Waals surface area contributed by atoms with Crippen LogP contribution in [0, 0.1) is 5.92 Å². The van der Waals surface area contributed by atoms with Crippen molar-refractivity contribution in [2.45, 2.75) is 56.5 Å². The summed E-state index contributed by atoms with van der Waals surface area (Å²) in [5.41, 5.74) is 0. The molecule has 1 heterocycles. The molecule has 1 aliphatic carbocycles. The van der Waals surface area contributed by atoms with Gasteiger partial charge in [-0.3, -0.25) is 4.79 Å². The van der Waals surface area contributed by atoms with Crippen molar-refractivity contribution in [1.82, 2.24) is 4.90 Å². The van der Waals surface area contributed by atoms with Gasteiger partial charge in [0.25, 0.3) is 0 Å². The van der Waals surface area contributed by atoms with Crippen LogP contribution in [0.5, 0.6) is 0 Å². The van der Waals surface area contributed by atoms with Gasteiger partial charge in [0.2, 0.25) is 5.91 Å². The van der Waals surface area contributed by atoms with Gasteiger partial charge in [0.1, 0.15) is 0 Å². The van der Waals surface area contributed by atoms with Crippen LogP contribution in [0.1, 0.15) is 46.5 Å². The normalized spacial score (nSPS) is 27.9. The van der Waals surface area contributed by atoms with E-state index in [1.807, 2.05) is 0 Å². The Balaban J connectivity index is 2.02. The average Bonchev–Trinajstić information content (AvgIpc) is 2.87. The Kier molecular flexibility index (Phi) is 4.28. The Morgan fingerprint density at radius 3 is 2.45 bits per heavy atom. The van der Waals surface area contributed by atoms with E-state index < -0.39 is 19.8 Å². The number of nitrogens with zero attached hydrogens (tertiary/aromatic N) is 1. The lowest BCUT2D eigenvalue weighted by molar-refractivity contribution is -0.134. The highest BCUT2D eigenvalue weighted by atomic mass is 32.2. The van der Waals surface area contributed by atoms with Gasteiger partial charge in [0, 0.05) is 19.0 Å². The first-order valence-electron chi connectivity index (χ1n) is 7.40. The zero-order chi connectivity index (χ0) is 15.0. The first-order chi connectivity index (χ1) is 9.23. The van der Waals surface area contributed by atoms with Gasteiger partial charge in [0.15, 0.2) is 9.84 Å². The molecule has 20 heavy (non-hydrogen) atoms. The summed E-state index contributed by atoms with van der Waals surface area (Å²) in [6.07, 6.45) is 7.39. The maximum atomic E-state index is 12.4. The topological polar surface area (TPSA) is 54.5 Å². The number of likely N-dealkylation sites (tertiary alicyclic amines) is 1. The van der Waals surface area contributed by atoms with Crippen molar-refractivity contribution in [2.24, 2.45) is 5.92 Å². The summed E-state index contributed by atoms with van der Waals surface area (Å²) < 4.78 is 24.2. The largest absolute Gasteiger partial charge is 0.341 e.